The molecule has 2 N–H and O–H groups in total. The van der Waals surface area contributed by atoms with Crippen LogP contribution in [-0.4, -0.2) is 32.2 Å². The van der Waals surface area contributed by atoms with Gasteiger partial charge in [0.15, 0.2) is 0 Å². The molecule has 0 amide bonds. The zero-order chi connectivity index (χ0) is 13.4. The van der Waals surface area contributed by atoms with E-state index in [1.54, 1.807) is 6.20 Å². The van der Waals surface area contributed by atoms with Gasteiger partial charge in [-0.3, -0.25) is 4.98 Å². The van der Waals surface area contributed by atoms with Gasteiger partial charge < -0.3 is 5.32 Å². The highest BCUT2D eigenvalue weighted by Gasteiger charge is 2.10. The number of rotatable bonds is 8. The molecule has 1 rings (SSSR count). The number of sulfonamides is 1. The van der Waals surface area contributed by atoms with Gasteiger partial charge >= 0.3 is 0 Å². The van der Waals surface area contributed by atoms with Gasteiger partial charge in [0.1, 0.15) is 0 Å². The van der Waals surface area contributed by atoms with Gasteiger partial charge in [0, 0.05) is 6.20 Å². The Bertz CT molecular complexity index is 460. The first-order valence-corrected chi connectivity index (χ1v) is 7.79. The van der Waals surface area contributed by atoms with Crippen LogP contribution in [0.4, 0.5) is 0 Å². The van der Waals surface area contributed by atoms with E-state index in [9.17, 15) is 8.42 Å². The summed E-state index contributed by atoms with van der Waals surface area (Å²) in [6.07, 6.45) is 2.28. The van der Waals surface area contributed by atoms with Crippen LogP contribution in [0.5, 0.6) is 0 Å². The molecule has 0 saturated heterocycles. The molecule has 18 heavy (non-hydrogen) atoms. The van der Waals surface area contributed by atoms with Crippen molar-refractivity contribution in [2.75, 3.05) is 18.8 Å². The second kappa shape index (κ2) is 7.45. The Morgan fingerprint density at radius 1 is 1.39 bits per heavy atom. The Hall–Kier alpha value is -0.980. The first-order chi connectivity index (χ1) is 8.55. The van der Waals surface area contributed by atoms with Crippen molar-refractivity contribution in [1.29, 1.82) is 0 Å². The summed E-state index contributed by atoms with van der Waals surface area (Å²) in [6.45, 7) is 5.76. The summed E-state index contributed by atoms with van der Waals surface area (Å²) in [4.78, 5) is 4.15. The molecular weight excluding hydrogens is 250 g/mol. The summed E-state index contributed by atoms with van der Waals surface area (Å²) in [5.41, 5.74) is 1.76. The van der Waals surface area contributed by atoms with E-state index >= 15 is 0 Å². The fraction of sp³-hybridized carbons (Fsp3) is 0.583. The van der Waals surface area contributed by atoms with Crippen LogP contribution >= 0.6 is 0 Å². The molecule has 0 spiro atoms. The standard InChI is InChI=1S/C12H21N3O2S/c1-3-13-7-5-9-18(16,17)15-10-12-11(2)6-4-8-14-12/h4,6,8,13,15H,3,5,7,9-10H2,1-2H3. The summed E-state index contributed by atoms with van der Waals surface area (Å²) in [7, 11) is -3.21. The highest BCUT2D eigenvalue weighted by Crippen LogP contribution is 2.03. The van der Waals surface area contributed by atoms with E-state index in [1.165, 1.54) is 0 Å². The molecule has 0 radical (unpaired) electrons. The van der Waals surface area contributed by atoms with E-state index in [-0.39, 0.29) is 12.3 Å². The SMILES string of the molecule is CCNCCCS(=O)(=O)NCc1ncccc1C. The van der Waals surface area contributed by atoms with Gasteiger partial charge in [-0.25, -0.2) is 13.1 Å². The van der Waals surface area contributed by atoms with Crippen LogP contribution in [-0.2, 0) is 16.6 Å². The van der Waals surface area contributed by atoms with E-state index in [1.807, 2.05) is 26.0 Å². The molecule has 1 aromatic rings. The zero-order valence-corrected chi connectivity index (χ0v) is 11.8. The summed E-state index contributed by atoms with van der Waals surface area (Å²) >= 11 is 0. The van der Waals surface area contributed by atoms with E-state index in [4.69, 9.17) is 0 Å². The summed E-state index contributed by atoms with van der Waals surface area (Å²) < 4.78 is 26.0. The minimum atomic E-state index is -3.21. The van der Waals surface area contributed by atoms with E-state index < -0.39 is 10.0 Å². The molecule has 102 valence electrons. The number of hydrogen-bond acceptors (Lipinski definition) is 4. The molecule has 5 nitrogen and oxygen atoms in total. The van der Waals surface area contributed by atoms with Gasteiger partial charge in [-0.1, -0.05) is 13.0 Å². The van der Waals surface area contributed by atoms with Crippen LogP contribution in [0.25, 0.3) is 0 Å². The van der Waals surface area contributed by atoms with E-state index in [0.29, 0.717) is 6.42 Å². The molecule has 0 aliphatic rings. The number of nitrogens with one attached hydrogen (secondary N) is 2. The molecule has 0 bridgehead atoms. The third kappa shape index (κ3) is 5.57. The van der Waals surface area contributed by atoms with Gasteiger partial charge in [-0.15, -0.1) is 0 Å². The maximum atomic E-state index is 11.7. The highest BCUT2D eigenvalue weighted by atomic mass is 32.2. The highest BCUT2D eigenvalue weighted by molar-refractivity contribution is 7.89. The second-order valence-corrected chi connectivity index (χ2v) is 6.04. The van der Waals surface area contributed by atoms with Crippen molar-refractivity contribution >= 4 is 10.0 Å². The van der Waals surface area contributed by atoms with Crippen molar-refractivity contribution in [2.24, 2.45) is 0 Å². The Morgan fingerprint density at radius 2 is 2.17 bits per heavy atom. The Balaban J connectivity index is 2.40. The van der Waals surface area contributed by atoms with Gasteiger partial charge in [-0.2, -0.15) is 0 Å². The fourth-order valence-electron chi connectivity index (χ4n) is 1.52. The largest absolute Gasteiger partial charge is 0.317 e. The average molecular weight is 271 g/mol. The smallest absolute Gasteiger partial charge is 0.211 e. The predicted molar refractivity (Wildman–Crippen MR) is 72.8 cm³/mol. The van der Waals surface area contributed by atoms with Crippen molar-refractivity contribution in [2.45, 2.75) is 26.8 Å². The van der Waals surface area contributed by atoms with Gasteiger partial charge in [0.2, 0.25) is 10.0 Å². The lowest BCUT2D eigenvalue weighted by Gasteiger charge is -2.08. The molecule has 0 aliphatic heterocycles. The maximum absolute atomic E-state index is 11.7. The summed E-state index contributed by atoms with van der Waals surface area (Å²) in [6, 6.07) is 3.76. The van der Waals surface area contributed by atoms with Gasteiger partial charge in [-0.05, 0) is 38.1 Å². The first-order valence-electron chi connectivity index (χ1n) is 6.13. The lowest BCUT2D eigenvalue weighted by Crippen LogP contribution is -2.28. The van der Waals surface area contributed by atoms with E-state index in [2.05, 4.69) is 15.0 Å². The third-order valence-electron chi connectivity index (χ3n) is 2.59. The Kier molecular flexibility index (Phi) is 6.24. The normalized spacial score (nSPS) is 11.7. The zero-order valence-electron chi connectivity index (χ0n) is 10.9. The molecular formula is C12H21N3O2S. The molecule has 1 aromatic heterocycles. The molecule has 6 heteroatoms. The summed E-state index contributed by atoms with van der Waals surface area (Å²) in [5.74, 6) is 0.145. The van der Waals surface area contributed by atoms with Crippen LogP contribution in [0.15, 0.2) is 18.3 Å². The average Bonchev–Trinajstić information content (AvgIpc) is 2.34. The number of hydrogen-bond donors (Lipinski definition) is 2. The van der Waals surface area contributed by atoms with Crippen LogP contribution < -0.4 is 10.0 Å². The summed E-state index contributed by atoms with van der Waals surface area (Å²) in [5, 5.41) is 3.10. The van der Waals surface area contributed by atoms with Crippen molar-refractivity contribution in [3.63, 3.8) is 0 Å². The Morgan fingerprint density at radius 3 is 2.83 bits per heavy atom. The minimum Gasteiger partial charge on any atom is -0.317 e. The van der Waals surface area contributed by atoms with Crippen LogP contribution in [0.1, 0.15) is 24.6 Å². The lowest BCUT2D eigenvalue weighted by atomic mass is 10.2. The van der Waals surface area contributed by atoms with Crippen molar-refractivity contribution in [3.05, 3.63) is 29.6 Å². The Labute approximate surface area is 109 Å². The number of pyridine rings is 1. The predicted octanol–water partition coefficient (Wildman–Crippen LogP) is 0.809. The fourth-order valence-corrected chi connectivity index (χ4v) is 2.54. The minimum absolute atomic E-state index is 0.145. The quantitative estimate of drug-likeness (QED) is 0.686. The molecule has 0 unspecified atom stereocenters. The first kappa shape index (κ1) is 15.1. The molecule has 0 atom stereocenters. The number of nitrogens with zero attached hydrogens (tertiary/aromatic N) is 1. The number of aromatic nitrogens is 1. The topological polar surface area (TPSA) is 71.1 Å². The molecule has 0 aliphatic carbocycles. The lowest BCUT2D eigenvalue weighted by molar-refractivity contribution is 0.574. The number of aryl methyl sites for hydroxylation is 1. The third-order valence-corrected chi connectivity index (χ3v) is 4.00. The molecule has 0 fully saturated rings. The van der Waals surface area contributed by atoms with Crippen molar-refractivity contribution in [3.8, 4) is 0 Å². The van der Waals surface area contributed by atoms with Crippen LogP contribution in [0.3, 0.4) is 0 Å². The molecule has 0 aromatic carbocycles. The van der Waals surface area contributed by atoms with Crippen molar-refractivity contribution < 1.29 is 8.42 Å². The maximum Gasteiger partial charge on any atom is 0.211 e. The van der Waals surface area contributed by atoms with Crippen LogP contribution in [0.2, 0.25) is 0 Å². The van der Waals surface area contributed by atoms with Crippen LogP contribution in [0, 0.1) is 6.92 Å². The van der Waals surface area contributed by atoms with Crippen molar-refractivity contribution in [1.82, 2.24) is 15.0 Å². The van der Waals surface area contributed by atoms with E-state index in [0.717, 1.165) is 24.3 Å². The monoisotopic (exact) mass is 271 g/mol. The molecule has 0 saturated carbocycles. The van der Waals surface area contributed by atoms with Gasteiger partial charge in [0.05, 0.1) is 18.0 Å². The molecule has 1 heterocycles. The van der Waals surface area contributed by atoms with Gasteiger partial charge in [0.25, 0.3) is 0 Å². The second-order valence-electron chi connectivity index (χ2n) is 4.11.